The van der Waals surface area contributed by atoms with Crippen LogP contribution in [0, 0.1) is 11.6 Å². The van der Waals surface area contributed by atoms with E-state index in [1.807, 2.05) is 27.0 Å². The molecule has 0 amide bonds. The van der Waals surface area contributed by atoms with E-state index in [4.69, 9.17) is 9.73 Å². The third-order valence-corrected chi connectivity index (χ3v) is 6.88. The summed E-state index contributed by atoms with van der Waals surface area (Å²) in [7, 11) is 3.44. The van der Waals surface area contributed by atoms with Gasteiger partial charge in [0.15, 0.2) is 5.82 Å². The van der Waals surface area contributed by atoms with E-state index in [1.54, 1.807) is 18.2 Å². The number of methoxy groups -OCH3 is 1. The molecule has 1 aliphatic rings. The minimum atomic E-state index is -0.737. The van der Waals surface area contributed by atoms with Gasteiger partial charge in [-0.05, 0) is 55.9 Å². The Kier molecular flexibility index (Phi) is 8.50. The van der Waals surface area contributed by atoms with Crippen LogP contribution in [0.3, 0.4) is 0 Å². The second kappa shape index (κ2) is 11.8. The van der Waals surface area contributed by atoms with Crippen LogP contribution in [0.15, 0.2) is 60.2 Å². The van der Waals surface area contributed by atoms with Crippen LogP contribution in [0.5, 0.6) is 11.5 Å². The Morgan fingerprint density at radius 2 is 1.95 bits per heavy atom. The number of anilines is 1. The van der Waals surface area contributed by atoms with Crippen molar-refractivity contribution in [3.8, 4) is 22.8 Å². The fourth-order valence-electron chi connectivity index (χ4n) is 4.92. The molecule has 1 aliphatic heterocycles. The van der Waals surface area contributed by atoms with Gasteiger partial charge in [0.25, 0.3) is 0 Å². The van der Waals surface area contributed by atoms with Gasteiger partial charge in [0.2, 0.25) is 0 Å². The van der Waals surface area contributed by atoms with Crippen molar-refractivity contribution in [1.29, 1.82) is 0 Å². The Hall–Kier alpha value is -3.98. The summed E-state index contributed by atoms with van der Waals surface area (Å²) in [6.45, 7) is 12.0. The van der Waals surface area contributed by atoms with Gasteiger partial charge in [-0.3, -0.25) is 0 Å². The van der Waals surface area contributed by atoms with Crippen LogP contribution < -0.4 is 10.1 Å². The van der Waals surface area contributed by atoms with E-state index in [9.17, 15) is 9.50 Å². The maximum absolute atomic E-state index is 15.9. The second-order valence-corrected chi connectivity index (χ2v) is 9.99. The maximum atomic E-state index is 15.9. The Balaban J connectivity index is 2.00. The molecule has 0 radical (unpaired) electrons. The summed E-state index contributed by atoms with van der Waals surface area (Å²) >= 11 is 0. The highest BCUT2D eigenvalue weighted by atomic mass is 19.1. The first-order valence-corrected chi connectivity index (χ1v) is 12.9. The number of hydrogen-bond acceptors (Lipinski definition) is 6. The van der Waals surface area contributed by atoms with Crippen molar-refractivity contribution >= 4 is 17.3 Å². The molecule has 7 nitrogen and oxygen atoms in total. The number of piperazine rings is 1. The summed E-state index contributed by atoms with van der Waals surface area (Å²) in [4.78, 5) is 13.8. The van der Waals surface area contributed by atoms with Crippen molar-refractivity contribution in [3.05, 3.63) is 78.0 Å². The van der Waals surface area contributed by atoms with Crippen LogP contribution in [0.1, 0.15) is 37.8 Å². The van der Waals surface area contributed by atoms with Crippen LogP contribution in [0.25, 0.3) is 11.3 Å². The number of amidine groups is 1. The Labute approximate surface area is 228 Å². The average Bonchev–Trinajstić information content (AvgIpc) is 2.89. The molecule has 3 aromatic rings. The van der Waals surface area contributed by atoms with Crippen LogP contribution in [-0.4, -0.2) is 65.6 Å². The van der Waals surface area contributed by atoms with Gasteiger partial charge in [0.1, 0.15) is 40.4 Å². The van der Waals surface area contributed by atoms with Crippen LogP contribution in [0.4, 0.5) is 20.3 Å². The summed E-state index contributed by atoms with van der Waals surface area (Å²) in [6.07, 6.45) is 1.43. The molecule has 0 spiro atoms. The molecule has 9 heteroatoms. The lowest BCUT2D eigenvalue weighted by Gasteiger charge is -2.40. The van der Waals surface area contributed by atoms with E-state index in [0.717, 1.165) is 18.7 Å². The van der Waals surface area contributed by atoms with Gasteiger partial charge in [-0.1, -0.05) is 38.6 Å². The number of hydrogen-bond donors (Lipinski definition) is 2. The first-order chi connectivity index (χ1) is 18.7. The van der Waals surface area contributed by atoms with Crippen molar-refractivity contribution in [2.75, 3.05) is 39.1 Å². The number of phenols is 1. The predicted molar refractivity (Wildman–Crippen MR) is 152 cm³/mol. The fraction of sp³-hybridized carbons (Fsp3) is 0.333. The van der Waals surface area contributed by atoms with E-state index < -0.39 is 11.6 Å². The Bertz CT molecular complexity index is 1390. The van der Waals surface area contributed by atoms with Crippen LogP contribution in [0.2, 0.25) is 0 Å². The zero-order valence-electron chi connectivity index (χ0n) is 23.0. The number of benzene rings is 2. The van der Waals surface area contributed by atoms with Gasteiger partial charge < -0.3 is 25.0 Å². The smallest absolute Gasteiger partial charge is 0.150 e. The summed E-state index contributed by atoms with van der Waals surface area (Å²) in [5, 5.41) is 13.8. The molecule has 2 N–H and O–H groups in total. The monoisotopic (exact) mass is 535 g/mol. The quantitative estimate of drug-likeness (QED) is 0.280. The van der Waals surface area contributed by atoms with Gasteiger partial charge in [-0.15, -0.1) is 0 Å². The summed E-state index contributed by atoms with van der Waals surface area (Å²) in [6, 6.07) is 10.9. The number of aliphatic imine (C=N–C) groups is 1. The lowest BCUT2D eigenvalue weighted by atomic mass is 10.0. The Morgan fingerprint density at radius 3 is 2.62 bits per heavy atom. The number of pyridine rings is 1. The number of nitrogens with zero attached hydrogens (tertiary/aromatic N) is 4. The van der Waals surface area contributed by atoms with Gasteiger partial charge in [-0.2, -0.15) is 0 Å². The molecule has 0 bridgehead atoms. The lowest BCUT2D eigenvalue weighted by molar-refractivity contribution is 0.162. The van der Waals surface area contributed by atoms with Crippen LogP contribution >= 0.6 is 0 Å². The van der Waals surface area contributed by atoms with Crippen molar-refractivity contribution in [2.45, 2.75) is 32.7 Å². The van der Waals surface area contributed by atoms with E-state index >= 15 is 4.39 Å². The predicted octanol–water partition coefficient (Wildman–Crippen LogP) is 6.13. The minimum Gasteiger partial charge on any atom is -0.506 e. The largest absolute Gasteiger partial charge is 0.506 e. The third kappa shape index (κ3) is 5.73. The molecule has 1 aromatic heterocycles. The molecule has 2 heterocycles. The topological polar surface area (TPSA) is 73.2 Å². The Morgan fingerprint density at radius 1 is 1.21 bits per heavy atom. The molecule has 4 rings (SSSR count). The number of aromatic nitrogens is 1. The van der Waals surface area contributed by atoms with E-state index in [0.29, 0.717) is 23.6 Å². The second-order valence-electron chi connectivity index (χ2n) is 9.99. The fourth-order valence-corrected chi connectivity index (χ4v) is 4.92. The number of halogens is 2. The van der Waals surface area contributed by atoms with Crippen molar-refractivity contribution in [2.24, 2.45) is 4.99 Å². The number of para-hydroxylation sites is 1. The van der Waals surface area contributed by atoms with Gasteiger partial charge >= 0.3 is 0 Å². The molecule has 2 aromatic carbocycles. The molecule has 0 aliphatic carbocycles. The number of phenolic OH excluding ortho intramolecular Hbond substituents is 1. The van der Waals surface area contributed by atoms with E-state index in [1.165, 1.54) is 31.5 Å². The molecule has 39 heavy (non-hydrogen) atoms. The number of rotatable bonds is 7. The average molecular weight is 536 g/mol. The first kappa shape index (κ1) is 28.0. The number of ether oxygens (including phenoxy) is 1. The molecule has 1 atom stereocenters. The molecule has 206 valence electrons. The molecule has 0 saturated carbocycles. The highest BCUT2D eigenvalue weighted by Gasteiger charge is 2.30. The zero-order chi connectivity index (χ0) is 28.3. The van der Waals surface area contributed by atoms with Crippen molar-refractivity contribution in [3.63, 3.8) is 0 Å². The van der Waals surface area contributed by atoms with Gasteiger partial charge in [0.05, 0.1) is 18.2 Å². The SMILES string of the molecule is C=CNc1nc(-c2c(F)cccc2OC)c(F)cc1/C(=N\c1c(O)cccc1C(C)C)N1CCN(C)CC1C. The normalized spacial score (nSPS) is 16.5. The standard InChI is InChI=1S/C30H35F2N5O2/c1-7-33-29-21(16-23(32)28(34-29)26-22(31)11-9-13-25(26)39-6)30(37-15-14-36(5)17-19(37)4)35-27-20(18(2)3)10-8-12-24(27)38/h7-13,16,18-19,38H,1,14-15,17H2,2-6H3,(H,33,34)/b35-30+. The number of likely N-dealkylation sites (N-methyl/N-ethyl adjacent to an activating group) is 1. The highest BCUT2D eigenvalue weighted by Crippen LogP contribution is 2.38. The van der Waals surface area contributed by atoms with E-state index in [2.05, 4.69) is 33.6 Å². The summed E-state index contributed by atoms with van der Waals surface area (Å²) in [5.41, 5.74) is 1.35. The molecular weight excluding hydrogens is 500 g/mol. The molecule has 1 unspecified atom stereocenters. The first-order valence-electron chi connectivity index (χ1n) is 12.9. The zero-order valence-corrected chi connectivity index (χ0v) is 23.0. The lowest BCUT2D eigenvalue weighted by Crippen LogP contribution is -2.53. The third-order valence-electron chi connectivity index (χ3n) is 6.88. The minimum absolute atomic E-state index is 0.0276. The van der Waals surface area contributed by atoms with Crippen molar-refractivity contribution < 1.29 is 18.6 Å². The maximum Gasteiger partial charge on any atom is 0.150 e. The molecule has 1 fully saturated rings. The van der Waals surface area contributed by atoms with Crippen LogP contribution in [-0.2, 0) is 0 Å². The molecule has 1 saturated heterocycles. The molecular formula is C30H35F2N5O2. The van der Waals surface area contributed by atoms with Gasteiger partial charge in [-0.25, -0.2) is 18.8 Å². The summed E-state index contributed by atoms with van der Waals surface area (Å²) < 4.78 is 36.1. The number of aromatic hydroxyl groups is 1. The summed E-state index contributed by atoms with van der Waals surface area (Å²) in [5.74, 6) is -0.427. The van der Waals surface area contributed by atoms with E-state index in [-0.39, 0.29) is 40.5 Å². The number of nitrogens with one attached hydrogen (secondary N) is 1. The highest BCUT2D eigenvalue weighted by molar-refractivity contribution is 6.05. The van der Waals surface area contributed by atoms with Crippen molar-refractivity contribution in [1.82, 2.24) is 14.8 Å². The van der Waals surface area contributed by atoms with Gasteiger partial charge in [0, 0.05) is 25.7 Å².